The molecule has 4 nitrogen and oxygen atoms in total. The second-order valence-corrected chi connectivity index (χ2v) is 5.29. The molecule has 0 atom stereocenters. The highest BCUT2D eigenvalue weighted by Crippen LogP contribution is 2.17. The zero-order valence-corrected chi connectivity index (χ0v) is 10.4. The van der Waals surface area contributed by atoms with E-state index >= 15 is 0 Å². The Bertz CT molecular complexity index is 470. The summed E-state index contributed by atoms with van der Waals surface area (Å²) < 4.78 is 24.4. The summed E-state index contributed by atoms with van der Waals surface area (Å²) in [5.41, 5.74) is 0.671. The average Bonchev–Trinajstić information content (AvgIpc) is 2.15. The molecule has 6 heteroatoms. The summed E-state index contributed by atoms with van der Waals surface area (Å²) in [6, 6.07) is 6.48. The first kappa shape index (κ1) is 12.2. The minimum Gasteiger partial charge on any atom is -0.293 e. The predicted octanol–water partition coefficient (Wildman–Crippen LogP) is 1.64. The molecule has 0 unspecified atom stereocenters. The number of hydrogen-bond donors (Lipinski definition) is 1. The van der Waals surface area contributed by atoms with Gasteiger partial charge in [-0.15, -0.1) is 0 Å². The standard InChI is InChI=1S/C9H10BrNO3S/c1-15(13,14)11-8-5-3-2-4-7(8)9(12)6-10/h2-5,11H,6H2,1H3. The molecular weight excluding hydrogens is 282 g/mol. The summed E-state index contributed by atoms with van der Waals surface area (Å²) in [5.74, 6) is -0.165. The number of para-hydroxylation sites is 1. The molecule has 1 aromatic rings. The van der Waals surface area contributed by atoms with E-state index in [0.29, 0.717) is 11.3 Å². The third-order valence-electron chi connectivity index (χ3n) is 1.64. The Balaban J connectivity index is 3.13. The minimum atomic E-state index is -3.36. The number of rotatable bonds is 4. The summed E-state index contributed by atoms with van der Waals surface area (Å²) in [5, 5.41) is 0.162. The zero-order chi connectivity index (χ0) is 11.5. The fourth-order valence-electron chi connectivity index (χ4n) is 1.09. The number of benzene rings is 1. The van der Waals surface area contributed by atoms with Gasteiger partial charge in [-0.2, -0.15) is 0 Å². The molecule has 0 saturated carbocycles. The lowest BCUT2D eigenvalue weighted by molar-refractivity contribution is 0.102. The Labute approximate surface area is 96.9 Å². The third-order valence-corrected chi connectivity index (χ3v) is 2.74. The maximum absolute atomic E-state index is 11.4. The lowest BCUT2D eigenvalue weighted by atomic mass is 10.1. The summed E-state index contributed by atoms with van der Waals surface area (Å²) in [4.78, 5) is 11.4. The van der Waals surface area contributed by atoms with Crippen LogP contribution in [0.3, 0.4) is 0 Å². The Morgan fingerprint density at radius 2 is 2.00 bits per heavy atom. The minimum absolute atomic E-state index is 0.162. The van der Waals surface area contributed by atoms with Crippen LogP contribution in [-0.4, -0.2) is 25.8 Å². The molecular formula is C9H10BrNO3S. The number of carbonyl (C=O) groups is 1. The van der Waals surface area contributed by atoms with E-state index in [4.69, 9.17) is 0 Å². The number of alkyl halides is 1. The van der Waals surface area contributed by atoms with Crippen molar-refractivity contribution in [3.05, 3.63) is 29.8 Å². The van der Waals surface area contributed by atoms with E-state index in [1.807, 2.05) is 0 Å². The fraction of sp³-hybridized carbons (Fsp3) is 0.222. The van der Waals surface area contributed by atoms with Gasteiger partial charge in [0.1, 0.15) is 0 Å². The molecule has 0 heterocycles. The van der Waals surface area contributed by atoms with Crippen LogP contribution in [0.5, 0.6) is 0 Å². The van der Waals surface area contributed by atoms with Crippen LogP contribution in [0, 0.1) is 0 Å². The lowest BCUT2D eigenvalue weighted by Gasteiger charge is -2.08. The average molecular weight is 292 g/mol. The number of halogens is 1. The first-order chi connectivity index (χ1) is 6.94. The molecule has 15 heavy (non-hydrogen) atoms. The van der Waals surface area contributed by atoms with Crippen LogP contribution in [0.25, 0.3) is 0 Å². The highest BCUT2D eigenvalue weighted by molar-refractivity contribution is 9.09. The van der Waals surface area contributed by atoms with Gasteiger partial charge in [-0.05, 0) is 12.1 Å². The Morgan fingerprint density at radius 3 is 2.53 bits per heavy atom. The van der Waals surface area contributed by atoms with Gasteiger partial charge in [0.2, 0.25) is 10.0 Å². The largest absolute Gasteiger partial charge is 0.293 e. The lowest BCUT2D eigenvalue weighted by Crippen LogP contribution is -2.13. The highest BCUT2D eigenvalue weighted by atomic mass is 79.9. The molecule has 0 aliphatic carbocycles. The van der Waals surface area contributed by atoms with E-state index in [1.54, 1.807) is 24.3 Å². The normalized spacial score (nSPS) is 11.1. The topological polar surface area (TPSA) is 63.2 Å². The molecule has 0 spiro atoms. The van der Waals surface area contributed by atoms with Crippen LogP contribution < -0.4 is 4.72 Å². The van der Waals surface area contributed by atoms with E-state index in [9.17, 15) is 13.2 Å². The van der Waals surface area contributed by atoms with Gasteiger partial charge < -0.3 is 0 Å². The van der Waals surface area contributed by atoms with Crippen LogP contribution in [0.1, 0.15) is 10.4 Å². The smallest absolute Gasteiger partial charge is 0.229 e. The van der Waals surface area contributed by atoms with Crippen molar-refractivity contribution in [2.45, 2.75) is 0 Å². The third kappa shape index (κ3) is 3.64. The summed E-state index contributed by atoms with van der Waals surface area (Å²) in [6.07, 6.45) is 1.04. The number of anilines is 1. The number of hydrogen-bond acceptors (Lipinski definition) is 3. The molecule has 82 valence electrons. The van der Waals surface area contributed by atoms with Gasteiger partial charge in [-0.25, -0.2) is 8.42 Å². The van der Waals surface area contributed by atoms with Gasteiger partial charge in [0, 0.05) is 5.56 Å². The van der Waals surface area contributed by atoms with Gasteiger partial charge >= 0.3 is 0 Å². The number of nitrogens with one attached hydrogen (secondary N) is 1. The predicted molar refractivity (Wildman–Crippen MR) is 63.0 cm³/mol. The molecule has 0 bridgehead atoms. The van der Waals surface area contributed by atoms with Crippen molar-refractivity contribution in [2.24, 2.45) is 0 Å². The number of carbonyl (C=O) groups excluding carboxylic acids is 1. The van der Waals surface area contributed by atoms with Gasteiger partial charge in [0.15, 0.2) is 5.78 Å². The van der Waals surface area contributed by atoms with Crippen molar-refractivity contribution in [3.8, 4) is 0 Å². The number of sulfonamides is 1. The van der Waals surface area contributed by atoms with Gasteiger partial charge in [-0.1, -0.05) is 28.1 Å². The first-order valence-corrected chi connectivity index (χ1v) is 7.11. The van der Waals surface area contributed by atoms with Gasteiger partial charge in [0.25, 0.3) is 0 Å². The van der Waals surface area contributed by atoms with E-state index in [2.05, 4.69) is 20.7 Å². The Kier molecular flexibility index (Phi) is 3.87. The quantitative estimate of drug-likeness (QED) is 0.677. The summed E-state index contributed by atoms with van der Waals surface area (Å²) in [6.45, 7) is 0. The van der Waals surface area contributed by atoms with E-state index in [-0.39, 0.29) is 11.1 Å². The van der Waals surface area contributed by atoms with Crippen LogP contribution in [0.15, 0.2) is 24.3 Å². The second kappa shape index (κ2) is 4.76. The van der Waals surface area contributed by atoms with E-state index in [0.717, 1.165) is 6.26 Å². The number of Topliss-reactive ketones (excluding diaryl/α,β-unsaturated/α-hetero) is 1. The summed E-state index contributed by atoms with van der Waals surface area (Å²) >= 11 is 3.04. The van der Waals surface area contributed by atoms with Crippen molar-refractivity contribution in [2.75, 3.05) is 16.3 Å². The van der Waals surface area contributed by atoms with Crippen molar-refractivity contribution < 1.29 is 13.2 Å². The molecule has 0 aliphatic rings. The molecule has 0 amide bonds. The van der Waals surface area contributed by atoms with Crippen LogP contribution >= 0.6 is 15.9 Å². The molecule has 0 radical (unpaired) electrons. The fourth-order valence-corrected chi connectivity index (χ4v) is 1.97. The van der Waals surface area contributed by atoms with Crippen molar-refractivity contribution in [1.82, 2.24) is 0 Å². The molecule has 0 fully saturated rings. The molecule has 0 saturated heterocycles. The van der Waals surface area contributed by atoms with Crippen LogP contribution in [0.2, 0.25) is 0 Å². The number of ketones is 1. The summed E-state index contributed by atoms with van der Waals surface area (Å²) in [7, 11) is -3.36. The molecule has 0 aromatic heterocycles. The monoisotopic (exact) mass is 291 g/mol. The Morgan fingerprint density at radius 1 is 1.40 bits per heavy atom. The molecule has 0 aliphatic heterocycles. The zero-order valence-electron chi connectivity index (χ0n) is 8.03. The SMILES string of the molecule is CS(=O)(=O)Nc1ccccc1C(=O)CBr. The van der Waals surface area contributed by atoms with Crippen LogP contribution in [0.4, 0.5) is 5.69 Å². The maximum atomic E-state index is 11.4. The van der Waals surface area contributed by atoms with E-state index < -0.39 is 10.0 Å². The molecule has 1 rings (SSSR count). The van der Waals surface area contributed by atoms with Crippen molar-refractivity contribution in [1.29, 1.82) is 0 Å². The maximum Gasteiger partial charge on any atom is 0.229 e. The van der Waals surface area contributed by atoms with Crippen molar-refractivity contribution in [3.63, 3.8) is 0 Å². The van der Waals surface area contributed by atoms with Crippen molar-refractivity contribution >= 4 is 37.4 Å². The van der Waals surface area contributed by atoms with E-state index in [1.165, 1.54) is 0 Å². The first-order valence-electron chi connectivity index (χ1n) is 4.10. The molecule has 1 N–H and O–H groups in total. The second-order valence-electron chi connectivity index (χ2n) is 2.98. The Hall–Kier alpha value is -0.880. The van der Waals surface area contributed by atoms with Crippen LogP contribution in [-0.2, 0) is 10.0 Å². The highest BCUT2D eigenvalue weighted by Gasteiger charge is 2.11. The molecule has 1 aromatic carbocycles. The van der Waals surface area contributed by atoms with Gasteiger partial charge in [0.05, 0.1) is 17.3 Å². The van der Waals surface area contributed by atoms with Gasteiger partial charge in [-0.3, -0.25) is 9.52 Å².